The quantitative estimate of drug-likeness (QED) is 0.596. The van der Waals surface area contributed by atoms with Gasteiger partial charge in [-0.15, -0.1) is 0 Å². The lowest BCUT2D eigenvalue weighted by atomic mass is 10.2. The molecule has 4 nitrogen and oxygen atoms in total. The van der Waals surface area contributed by atoms with E-state index < -0.39 is 0 Å². The molecule has 0 radical (unpaired) electrons. The van der Waals surface area contributed by atoms with Crippen molar-refractivity contribution in [3.05, 3.63) is 54.1 Å². The Balaban J connectivity index is 1.93. The van der Waals surface area contributed by atoms with Crippen molar-refractivity contribution >= 4 is 5.84 Å². The fraction of sp³-hybridized carbons (Fsp3) is 0.167. The molecule has 0 amide bonds. The smallest absolute Gasteiger partial charge is 0.125 e. The molecule has 0 aliphatic rings. The fourth-order valence-electron chi connectivity index (χ4n) is 1.42. The molecule has 16 heavy (non-hydrogen) atoms. The summed E-state index contributed by atoms with van der Waals surface area (Å²) in [6.07, 6.45) is 4.32. The number of aliphatic imine (C=N–C) groups is 1. The summed E-state index contributed by atoms with van der Waals surface area (Å²) in [4.78, 5) is 11.5. The lowest BCUT2D eigenvalue weighted by Gasteiger charge is -1.99. The van der Waals surface area contributed by atoms with Crippen molar-refractivity contribution in [1.82, 2.24) is 9.97 Å². The number of hydrogen-bond donors (Lipinski definition) is 2. The molecular weight excluding hydrogens is 200 g/mol. The Labute approximate surface area is 94.2 Å². The molecule has 1 aromatic heterocycles. The van der Waals surface area contributed by atoms with Crippen molar-refractivity contribution in [3.8, 4) is 0 Å². The van der Waals surface area contributed by atoms with Crippen LogP contribution in [0.4, 0.5) is 0 Å². The van der Waals surface area contributed by atoms with Gasteiger partial charge in [0.25, 0.3) is 0 Å². The minimum atomic E-state index is 0.576. The van der Waals surface area contributed by atoms with Crippen LogP contribution in [0, 0.1) is 0 Å². The molecule has 0 saturated heterocycles. The van der Waals surface area contributed by atoms with Crippen LogP contribution in [0.25, 0.3) is 0 Å². The van der Waals surface area contributed by atoms with Crippen LogP contribution in [0.5, 0.6) is 0 Å². The van der Waals surface area contributed by atoms with Gasteiger partial charge in [-0.3, -0.25) is 4.99 Å². The van der Waals surface area contributed by atoms with E-state index in [1.807, 2.05) is 30.3 Å². The molecule has 0 atom stereocenters. The Bertz CT molecular complexity index is 445. The molecule has 0 aliphatic carbocycles. The van der Waals surface area contributed by atoms with Crippen LogP contribution < -0.4 is 5.73 Å². The number of amidine groups is 1. The lowest BCUT2D eigenvalue weighted by molar-refractivity contribution is 0.893. The summed E-state index contributed by atoms with van der Waals surface area (Å²) in [5, 5.41) is 0. The molecule has 0 fully saturated rings. The second-order valence-corrected chi connectivity index (χ2v) is 3.42. The minimum Gasteiger partial charge on any atom is -0.384 e. The molecule has 0 spiro atoms. The van der Waals surface area contributed by atoms with Crippen molar-refractivity contribution in [2.75, 3.05) is 6.54 Å². The van der Waals surface area contributed by atoms with Gasteiger partial charge in [0.05, 0.1) is 0 Å². The first kappa shape index (κ1) is 10.4. The predicted octanol–water partition coefficient (Wildman–Crippen LogP) is 1.36. The number of aromatic amines is 1. The standard InChI is InChI=1S/C12H14N4/c13-12(10-4-2-1-3-5-10)16-7-6-11-14-8-9-15-11/h1-5,8-9H,6-7H2,(H2,13,16)(H,14,15). The Morgan fingerprint density at radius 3 is 2.81 bits per heavy atom. The molecule has 0 unspecified atom stereocenters. The van der Waals surface area contributed by atoms with Crippen LogP contribution >= 0.6 is 0 Å². The van der Waals surface area contributed by atoms with Crippen molar-refractivity contribution in [3.63, 3.8) is 0 Å². The molecule has 2 rings (SSSR count). The highest BCUT2D eigenvalue weighted by Gasteiger charge is 1.97. The normalized spacial score (nSPS) is 11.6. The number of nitrogens with one attached hydrogen (secondary N) is 1. The summed E-state index contributed by atoms with van der Waals surface area (Å²) in [7, 11) is 0. The second-order valence-electron chi connectivity index (χ2n) is 3.42. The van der Waals surface area contributed by atoms with Crippen molar-refractivity contribution in [2.24, 2.45) is 10.7 Å². The third-order valence-electron chi connectivity index (χ3n) is 2.26. The topological polar surface area (TPSA) is 67.1 Å². The van der Waals surface area contributed by atoms with E-state index in [0.29, 0.717) is 12.4 Å². The van der Waals surface area contributed by atoms with Gasteiger partial charge in [0.2, 0.25) is 0 Å². The summed E-state index contributed by atoms with van der Waals surface area (Å²) in [6.45, 7) is 0.647. The molecule has 4 heteroatoms. The van der Waals surface area contributed by atoms with E-state index in [9.17, 15) is 0 Å². The van der Waals surface area contributed by atoms with Crippen molar-refractivity contribution in [2.45, 2.75) is 6.42 Å². The van der Waals surface area contributed by atoms with E-state index in [2.05, 4.69) is 15.0 Å². The highest BCUT2D eigenvalue weighted by atomic mass is 14.9. The number of aromatic nitrogens is 2. The third-order valence-corrected chi connectivity index (χ3v) is 2.26. The Kier molecular flexibility index (Phi) is 3.33. The molecule has 3 N–H and O–H groups in total. The van der Waals surface area contributed by atoms with Gasteiger partial charge in [0, 0.05) is 30.9 Å². The van der Waals surface area contributed by atoms with E-state index >= 15 is 0 Å². The van der Waals surface area contributed by atoms with E-state index in [4.69, 9.17) is 5.73 Å². The fourth-order valence-corrected chi connectivity index (χ4v) is 1.42. The van der Waals surface area contributed by atoms with E-state index in [-0.39, 0.29) is 0 Å². The number of benzene rings is 1. The van der Waals surface area contributed by atoms with Crippen LogP contribution in [-0.4, -0.2) is 22.3 Å². The first-order valence-corrected chi connectivity index (χ1v) is 5.20. The average molecular weight is 214 g/mol. The molecule has 0 saturated carbocycles. The number of hydrogen-bond acceptors (Lipinski definition) is 2. The zero-order valence-electron chi connectivity index (χ0n) is 8.93. The van der Waals surface area contributed by atoms with Crippen LogP contribution in [0.2, 0.25) is 0 Å². The van der Waals surface area contributed by atoms with Gasteiger partial charge >= 0.3 is 0 Å². The molecule has 1 heterocycles. The molecule has 2 aromatic rings. The lowest BCUT2D eigenvalue weighted by Crippen LogP contribution is -2.14. The van der Waals surface area contributed by atoms with Gasteiger partial charge in [-0.1, -0.05) is 30.3 Å². The average Bonchev–Trinajstić information content (AvgIpc) is 2.83. The van der Waals surface area contributed by atoms with Gasteiger partial charge in [-0.25, -0.2) is 4.98 Å². The Hall–Kier alpha value is -2.10. The zero-order chi connectivity index (χ0) is 11.2. The number of imidazole rings is 1. The van der Waals surface area contributed by atoms with Crippen molar-refractivity contribution in [1.29, 1.82) is 0 Å². The number of nitrogens with two attached hydrogens (primary N) is 1. The maximum Gasteiger partial charge on any atom is 0.125 e. The van der Waals surface area contributed by atoms with E-state index in [1.54, 1.807) is 12.4 Å². The van der Waals surface area contributed by atoms with Gasteiger partial charge in [0.1, 0.15) is 11.7 Å². The van der Waals surface area contributed by atoms with Gasteiger partial charge in [0.15, 0.2) is 0 Å². The highest BCUT2D eigenvalue weighted by Crippen LogP contribution is 1.98. The highest BCUT2D eigenvalue weighted by molar-refractivity contribution is 5.97. The van der Waals surface area contributed by atoms with Crippen LogP contribution in [-0.2, 0) is 6.42 Å². The molecule has 82 valence electrons. The van der Waals surface area contributed by atoms with Gasteiger partial charge < -0.3 is 10.7 Å². The predicted molar refractivity (Wildman–Crippen MR) is 64.3 cm³/mol. The maximum absolute atomic E-state index is 5.85. The summed E-state index contributed by atoms with van der Waals surface area (Å²) >= 11 is 0. The van der Waals surface area contributed by atoms with Crippen molar-refractivity contribution < 1.29 is 0 Å². The SMILES string of the molecule is NC(=NCCc1ncc[nH]1)c1ccccc1. The van der Waals surface area contributed by atoms with Crippen LogP contribution in [0.3, 0.4) is 0 Å². The molecule has 0 aliphatic heterocycles. The summed E-state index contributed by atoms with van der Waals surface area (Å²) in [6, 6.07) is 9.76. The first-order valence-electron chi connectivity index (χ1n) is 5.20. The Morgan fingerprint density at radius 2 is 2.12 bits per heavy atom. The molecule has 0 bridgehead atoms. The maximum atomic E-state index is 5.85. The summed E-state index contributed by atoms with van der Waals surface area (Å²) in [5.41, 5.74) is 6.81. The number of nitrogens with zero attached hydrogens (tertiary/aromatic N) is 2. The Morgan fingerprint density at radius 1 is 1.31 bits per heavy atom. The number of H-pyrrole nitrogens is 1. The van der Waals surface area contributed by atoms with Crippen LogP contribution in [0.1, 0.15) is 11.4 Å². The zero-order valence-corrected chi connectivity index (χ0v) is 8.93. The van der Waals surface area contributed by atoms with Gasteiger partial charge in [-0.05, 0) is 0 Å². The number of rotatable bonds is 4. The summed E-state index contributed by atoms with van der Waals surface area (Å²) < 4.78 is 0. The third kappa shape index (κ3) is 2.70. The van der Waals surface area contributed by atoms with Gasteiger partial charge in [-0.2, -0.15) is 0 Å². The minimum absolute atomic E-state index is 0.576. The largest absolute Gasteiger partial charge is 0.384 e. The second kappa shape index (κ2) is 5.11. The summed E-state index contributed by atoms with van der Waals surface area (Å²) in [5.74, 6) is 1.51. The van der Waals surface area contributed by atoms with E-state index in [1.165, 1.54) is 0 Å². The van der Waals surface area contributed by atoms with Crippen LogP contribution in [0.15, 0.2) is 47.7 Å². The van der Waals surface area contributed by atoms with E-state index in [0.717, 1.165) is 17.8 Å². The molecule has 1 aromatic carbocycles. The monoisotopic (exact) mass is 214 g/mol. The molecular formula is C12H14N4. The first-order chi connectivity index (χ1) is 7.86.